The first-order valence-electron chi connectivity index (χ1n) is 19.9. The lowest BCUT2D eigenvalue weighted by molar-refractivity contribution is -0.704. The summed E-state index contributed by atoms with van der Waals surface area (Å²) in [6, 6.07) is 0. The molecular weight excluding hydrogens is 508 g/mol. The highest BCUT2D eigenvalue weighted by molar-refractivity contribution is 4.84. The van der Waals surface area contributed by atoms with Crippen LogP contribution in [0.1, 0.15) is 226 Å². The monoisotopic (exact) mass is 588 g/mol. The van der Waals surface area contributed by atoms with Crippen molar-refractivity contribution in [1.82, 2.24) is 4.57 Å². The summed E-state index contributed by atoms with van der Waals surface area (Å²) >= 11 is 0. The van der Waals surface area contributed by atoms with E-state index >= 15 is 0 Å². The van der Waals surface area contributed by atoms with Crippen molar-refractivity contribution < 1.29 is 4.57 Å². The minimum Gasteiger partial charge on any atom is -0.234 e. The van der Waals surface area contributed by atoms with E-state index in [-0.39, 0.29) is 0 Å². The molecule has 1 rings (SSSR count). The van der Waals surface area contributed by atoms with E-state index in [1.54, 1.807) is 5.82 Å². The number of rotatable bonds is 34. The molecule has 0 aliphatic carbocycles. The maximum atomic E-state index is 2.63. The van der Waals surface area contributed by atoms with E-state index in [0.29, 0.717) is 0 Å². The number of aryl methyl sites for hydroxylation is 2. The highest BCUT2D eigenvalue weighted by Crippen LogP contribution is 2.15. The fraction of sp³-hybridized carbons (Fsp3) is 0.925. The SMILES string of the molecule is CCCCCCCCCCCCCCCCn1cc[n+](CCCCCCCCCCCCCC)c1CCCCCCC. The lowest BCUT2D eigenvalue weighted by Gasteiger charge is -2.07. The quantitative estimate of drug-likeness (QED) is 0.0560. The Morgan fingerprint density at radius 3 is 1.14 bits per heavy atom. The molecule has 0 saturated carbocycles. The maximum Gasteiger partial charge on any atom is 0.256 e. The smallest absolute Gasteiger partial charge is 0.234 e. The molecule has 0 amide bonds. The standard InChI is InChI=1S/C40H79N2/c1-4-7-10-13-15-17-19-21-22-24-26-28-31-34-37-42-39-38-41(40(42)35-32-29-12-9-6-3)36-33-30-27-25-23-20-18-16-14-11-8-5-2/h38-39H,4-37H2,1-3H3/q+1. The summed E-state index contributed by atoms with van der Waals surface area (Å²) in [5.41, 5.74) is 0. The highest BCUT2D eigenvalue weighted by atomic mass is 15.1. The average molecular weight is 588 g/mol. The van der Waals surface area contributed by atoms with Crippen molar-refractivity contribution in [3.63, 3.8) is 0 Å². The zero-order chi connectivity index (χ0) is 30.2. The van der Waals surface area contributed by atoms with Gasteiger partial charge < -0.3 is 0 Å². The summed E-state index contributed by atoms with van der Waals surface area (Å²) < 4.78 is 5.25. The minimum absolute atomic E-state index is 1.23. The molecule has 0 atom stereocenters. The summed E-state index contributed by atoms with van der Waals surface area (Å²) in [7, 11) is 0. The van der Waals surface area contributed by atoms with Gasteiger partial charge in [-0.1, -0.05) is 188 Å². The van der Waals surface area contributed by atoms with Gasteiger partial charge in [0.15, 0.2) is 0 Å². The van der Waals surface area contributed by atoms with Gasteiger partial charge in [-0.05, 0) is 32.1 Å². The zero-order valence-corrected chi connectivity index (χ0v) is 29.6. The molecule has 1 heterocycles. The molecular formula is C40H79N2+. The number of hydrogen-bond acceptors (Lipinski definition) is 0. The van der Waals surface area contributed by atoms with Crippen molar-refractivity contribution >= 4 is 0 Å². The van der Waals surface area contributed by atoms with E-state index in [0.717, 1.165) is 0 Å². The van der Waals surface area contributed by atoms with Gasteiger partial charge in [-0.2, -0.15) is 0 Å². The Morgan fingerprint density at radius 1 is 0.405 bits per heavy atom. The summed E-state index contributed by atoms with van der Waals surface area (Å²) in [4.78, 5) is 0. The van der Waals surface area contributed by atoms with E-state index < -0.39 is 0 Å². The Hall–Kier alpha value is -0.790. The van der Waals surface area contributed by atoms with Crippen LogP contribution in [-0.4, -0.2) is 4.57 Å². The Kier molecular flexibility index (Phi) is 29.5. The van der Waals surface area contributed by atoms with Crippen molar-refractivity contribution in [3.8, 4) is 0 Å². The van der Waals surface area contributed by atoms with Crippen LogP contribution < -0.4 is 4.57 Å². The van der Waals surface area contributed by atoms with E-state index in [2.05, 4.69) is 42.3 Å². The number of nitrogens with zero attached hydrogens (tertiary/aromatic N) is 2. The van der Waals surface area contributed by atoms with Gasteiger partial charge in [-0.25, -0.2) is 9.13 Å². The average Bonchev–Trinajstić information content (AvgIpc) is 3.38. The molecule has 1 aromatic rings. The number of imidazole rings is 1. The van der Waals surface area contributed by atoms with Gasteiger partial charge in [0.2, 0.25) is 0 Å². The van der Waals surface area contributed by atoms with Crippen LogP contribution in [0.15, 0.2) is 12.4 Å². The Labute approximate surface area is 266 Å². The Balaban J connectivity index is 2.20. The zero-order valence-electron chi connectivity index (χ0n) is 29.6. The molecule has 0 spiro atoms. The summed E-state index contributed by atoms with van der Waals surface area (Å²) in [6.45, 7) is 9.40. The van der Waals surface area contributed by atoms with Crippen LogP contribution in [0, 0.1) is 0 Å². The minimum atomic E-state index is 1.23. The second-order valence-corrected chi connectivity index (χ2v) is 13.8. The van der Waals surface area contributed by atoms with Gasteiger partial charge in [0.25, 0.3) is 5.82 Å². The fourth-order valence-electron chi connectivity index (χ4n) is 6.68. The van der Waals surface area contributed by atoms with Gasteiger partial charge in [-0.15, -0.1) is 0 Å². The van der Waals surface area contributed by atoms with Crippen LogP contribution >= 0.6 is 0 Å². The van der Waals surface area contributed by atoms with Crippen molar-refractivity contribution in [3.05, 3.63) is 18.2 Å². The lowest BCUT2D eigenvalue weighted by atomic mass is 10.0. The number of unbranched alkanes of at least 4 members (excludes halogenated alkanes) is 28. The molecule has 0 fully saturated rings. The molecule has 2 nitrogen and oxygen atoms in total. The summed E-state index contributed by atoms with van der Waals surface area (Å²) in [5, 5.41) is 0. The topological polar surface area (TPSA) is 8.81 Å². The van der Waals surface area contributed by atoms with Crippen LogP contribution in [-0.2, 0) is 19.5 Å². The summed E-state index contributed by atoms with van der Waals surface area (Å²) in [5.74, 6) is 1.62. The first-order chi connectivity index (χ1) is 20.8. The molecule has 248 valence electrons. The molecule has 0 bridgehead atoms. The molecule has 0 aliphatic heterocycles. The van der Waals surface area contributed by atoms with E-state index in [1.165, 1.54) is 219 Å². The molecule has 2 heteroatoms. The van der Waals surface area contributed by atoms with Gasteiger partial charge in [-0.3, -0.25) is 0 Å². The van der Waals surface area contributed by atoms with Gasteiger partial charge >= 0.3 is 0 Å². The molecule has 0 N–H and O–H groups in total. The van der Waals surface area contributed by atoms with Crippen molar-refractivity contribution in [2.24, 2.45) is 0 Å². The van der Waals surface area contributed by atoms with Crippen molar-refractivity contribution in [1.29, 1.82) is 0 Å². The second kappa shape index (κ2) is 31.6. The highest BCUT2D eigenvalue weighted by Gasteiger charge is 2.16. The van der Waals surface area contributed by atoms with Gasteiger partial charge in [0.05, 0.1) is 13.1 Å². The van der Waals surface area contributed by atoms with E-state index in [9.17, 15) is 0 Å². The normalized spacial score (nSPS) is 11.6. The molecule has 0 radical (unpaired) electrons. The van der Waals surface area contributed by atoms with Crippen LogP contribution in [0.4, 0.5) is 0 Å². The van der Waals surface area contributed by atoms with Crippen molar-refractivity contribution in [2.45, 2.75) is 239 Å². The molecule has 1 aromatic heterocycles. The third-order valence-corrected chi connectivity index (χ3v) is 9.60. The van der Waals surface area contributed by atoms with Crippen molar-refractivity contribution in [2.75, 3.05) is 0 Å². The van der Waals surface area contributed by atoms with Gasteiger partial charge in [0, 0.05) is 6.42 Å². The molecule has 42 heavy (non-hydrogen) atoms. The third-order valence-electron chi connectivity index (χ3n) is 9.60. The molecule has 0 saturated heterocycles. The Morgan fingerprint density at radius 2 is 0.738 bits per heavy atom. The first-order valence-corrected chi connectivity index (χ1v) is 19.9. The molecule has 0 unspecified atom stereocenters. The van der Waals surface area contributed by atoms with E-state index in [4.69, 9.17) is 0 Å². The molecule has 0 aromatic carbocycles. The fourth-order valence-corrected chi connectivity index (χ4v) is 6.68. The molecule has 0 aliphatic rings. The lowest BCUT2D eigenvalue weighted by Crippen LogP contribution is -2.37. The predicted octanol–water partition coefficient (Wildman–Crippen LogP) is 13.5. The second-order valence-electron chi connectivity index (χ2n) is 13.8. The number of aromatic nitrogens is 2. The van der Waals surface area contributed by atoms with Crippen LogP contribution in [0.5, 0.6) is 0 Å². The summed E-state index contributed by atoms with van der Waals surface area (Å²) in [6.07, 6.45) is 50.4. The predicted molar refractivity (Wildman–Crippen MR) is 188 cm³/mol. The first kappa shape index (κ1) is 39.2. The van der Waals surface area contributed by atoms with Crippen LogP contribution in [0.25, 0.3) is 0 Å². The largest absolute Gasteiger partial charge is 0.256 e. The van der Waals surface area contributed by atoms with E-state index in [1.807, 2.05) is 0 Å². The van der Waals surface area contributed by atoms with Gasteiger partial charge in [0.1, 0.15) is 12.4 Å². The van der Waals surface area contributed by atoms with Crippen LogP contribution in [0.3, 0.4) is 0 Å². The Bertz CT molecular complexity index is 648. The maximum absolute atomic E-state index is 2.63. The van der Waals surface area contributed by atoms with Crippen LogP contribution in [0.2, 0.25) is 0 Å². The third kappa shape index (κ3) is 23.6. The number of hydrogen-bond donors (Lipinski definition) is 0.